The molecule has 1 aliphatic carbocycles. The van der Waals surface area contributed by atoms with Crippen molar-refractivity contribution in [3.05, 3.63) is 50.3 Å². The van der Waals surface area contributed by atoms with Crippen molar-refractivity contribution < 1.29 is 4.92 Å². The molecule has 0 spiro atoms. The fourth-order valence-electron chi connectivity index (χ4n) is 2.52. The Morgan fingerprint density at radius 3 is 2.90 bits per heavy atom. The van der Waals surface area contributed by atoms with Crippen LogP contribution in [0.3, 0.4) is 0 Å². The summed E-state index contributed by atoms with van der Waals surface area (Å²) in [5, 5.41) is 10.8. The van der Waals surface area contributed by atoms with Crippen LogP contribution in [0.15, 0.2) is 24.3 Å². The van der Waals surface area contributed by atoms with Crippen LogP contribution in [-0.4, -0.2) is 14.9 Å². The number of nitro groups is 1. The molecule has 1 aromatic heterocycles. The molecule has 0 radical (unpaired) electrons. The number of aromatic nitrogens is 2. The maximum atomic E-state index is 10.8. The first-order valence-electron chi connectivity index (χ1n) is 6.52. The summed E-state index contributed by atoms with van der Waals surface area (Å²) in [5.74, 6) is 0.611. The van der Waals surface area contributed by atoms with Gasteiger partial charge in [-0.3, -0.25) is 10.1 Å². The van der Waals surface area contributed by atoms with E-state index in [4.69, 9.17) is 12.2 Å². The first kappa shape index (κ1) is 12.9. The minimum atomic E-state index is -0.406. The average molecular weight is 287 g/mol. The Labute approximate surface area is 120 Å². The molecule has 1 heterocycles. The zero-order chi connectivity index (χ0) is 14.1. The molecular formula is C14H13N3O2S. The summed E-state index contributed by atoms with van der Waals surface area (Å²) in [6.07, 6.45) is 4.20. The lowest BCUT2D eigenvalue weighted by Crippen LogP contribution is -2.08. The standard InChI is InChI=1S/C14H13N3O2S/c18-17(19)10-5-3-4-9(8-10)13-15-12-7-2-1-6-11(12)14(20)16-13/h3-5,8H,1-2,6-7H2,(H,15,16,20). The number of hydrogen-bond donors (Lipinski definition) is 1. The molecule has 0 saturated carbocycles. The minimum absolute atomic E-state index is 0.0568. The zero-order valence-corrected chi connectivity index (χ0v) is 11.6. The second-order valence-corrected chi connectivity index (χ2v) is 5.25. The lowest BCUT2D eigenvalue weighted by Gasteiger charge is -2.16. The number of nitrogens with zero attached hydrogens (tertiary/aromatic N) is 2. The van der Waals surface area contributed by atoms with Gasteiger partial charge in [0.05, 0.1) is 4.92 Å². The van der Waals surface area contributed by atoms with Gasteiger partial charge in [0.25, 0.3) is 5.69 Å². The van der Waals surface area contributed by atoms with Crippen LogP contribution in [0.1, 0.15) is 24.1 Å². The van der Waals surface area contributed by atoms with Crippen LogP contribution in [0.25, 0.3) is 11.4 Å². The molecule has 1 N–H and O–H groups in total. The summed E-state index contributed by atoms with van der Waals surface area (Å²) in [7, 11) is 0. The lowest BCUT2D eigenvalue weighted by atomic mass is 9.97. The van der Waals surface area contributed by atoms with Crippen molar-refractivity contribution in [3.63, 3.8) is 0 Å². The van der Waals surface area contributed by atoms with E-state index in [0.717, 1.165) is 36.9 Å². The van der Waals surface area contributed by atoms with Crippen LogP contribution >= 0.6 is 12.2 Å². The molecule has 5 nitrogen and oxygen atoms in total. The number of nitro benzene ring substituents is 1. The Kier molecular flexibility index (Phi) is 3.31. The molecule has 6 heteroatoms. The van der Waals surface area contributed by atoms with Crippen LogP contribution in [-0.2, 0) is 12.8 Å². The quantitative estimate of drug-likeness (QED) is 0.520. The van der Waals surface area contributed by atoms with E-state index < -0.39 is 4.92 Å². The third-order valence-electron chi connectivity index (χ3n) is 3.54. The van der Waals surface area contributed by atoms with E-state index in [1.807, 2.05) is 0 Å². The highest BCUT2D eigenvalue weighted by Crippen LogP contribution is 2.25. The Bertz CT molecular complexity index is 739. The fourth-order valence-corrected chi connectivity index (χ4v) is 2.84. The minimum Gasteiger partial charge on any atom is -0.343 e. The molecule has 0 saturated heterocycles. The second kappa shape index (κ2) is 5.13. The number of nitrogens with one attached hydrogen (secondary N) is 1. The van der Waals surface area contributed by atoms with Gasteiger partial charge < -0.3 is 4.98 Å². The number of aryl methyl sites for hydroxylation is 1. The van der Waals surface area contributed by atoms with Gasteiger partial charge >= 0.3 is 0 Å². The van der Waals surface area contributed by atoms with E-state index in [1.54, 1.807) is 12.1 Å². The van der Waals surface area contributed by atoms with Crippen LogP contribution < -0.4 is 0 Å². The maximum absolute atomic E-state index is 10.8. The Balaban J connectivity index is 2.11. The molecule has 0 bridgehead atoms. The Morgan fingerprint density at radius 2 is 2.10 bits per heavy atom. The number of H-pyrrole nitrogens is 1. The first-order valence-corrected chi connectivity index (χ1v) is 6.93. The molecule has 0 atom stereocenters. The van der Waals surface area contributed by atoms with Crippen molar-refractivity contribution in [1.29, 1.82) is 0 Å². The van der Waals surface area contributed by atoms with Crippen molar-refractivity contribution >= 4 is 17.9 Å². The number of hydrogen-bond acceptors (Lipinski definition) is 4. The van der Waals surface area contributed by atoms with E-state index in [-0.39, 0.29) is 5.69 Å². The monoisotopic (exact) mass is 287 g/mol. The molecule has 0 unspecified atom stereocenters. The van der Waals surface area contributed by atoms with Crippen molar-refractivity contribution in [2.75, 3.05) is 0 Å². The van der Waals surface area contributed by atoms with E-state index in [1.165, 1.54) is 12.1 Å². The van der Waals surface area contributed by atoms with E-state index in [2.05, 4.69) is 9.97 Å². The van der Waals surface area contributed by atoms with Gasteiger partial charge in [0.15, 0.2) is 0 Å². The molecule has 1 aromatic carbocycles. The average Bonchev–Trinajstić information content (AvgIpc) is 2.47. The Morgan fingerprint density at radius 1 is 1.30 bits per heavy atom. The third kappa shape index (κ3) is 2.34. The molecule has 0 aliphatic heterocycles. The van der Waals surface area contributed by atoms with Crippen LogP contribution in [0.2, 0.25) is 0 Å². The summed E-state index contributed by atoms with van der Waals surface area (Å²) in [4.78, 5) is 18.1. The topological polar surface area (TPSA) is 71.8 Å². The normalized spacial score (nSPS) is 13.8. The molecule has 0 fully saturated rings. The van der Waals surface area contributed by atoms with Crippen LogP contribution in [0.4, 0.5) is 5.69 Å². The highest BCUT2D eigenvalue weighted by Gasteiger charge is 2.15. The number of non-ortho nitro benzene ring substituents is 1. The van der Waals surface area contributed by atoms with Crippen molar-refractivity contribution in [2.45, 2.75) is 25.7 Å². The molecule has 0 amide bonds. The zero-order valence-electron chi connectivity index (χ0n) is 10.8. The lowest BCUT2D eigenvalue weighted by molar-refractivity contribution is -0.384. The second-order valence-electron chi connectivity index (χ2n) is 4.86. The summed E-state index contributed by atoms with van der Waals surface area (Å²) >= 11 is 5.35. The van der Waals surface area contributed by atoms with E-state index in [0.29, 0.717) is 16.0 Å². The molecule has 20 heavy (non-hydrogen) atoms. The van der Waals surface area contributed by atoms with E-state index in [9.17, 15) is 10.1 Å². The molecule has 102 valence electrons. The summed E-state index contributed by atoms with van der Waals surface area (Å²) in [6, 6.07) is 6.45. The van der Waals surface area contributed by atoms with Gasteiger partial charge in [-0.2, -0.15) is 0 Å². The number of fused-ring (bicyclic) bond motifs is 1. The first-order chi connectivity index (χ1) is 9.65. The van der Waals surface area contributed by atoms with Gasteiger partial charge in [-0.15, -0.1) is 0 Å². The van der Waals surface area contributed by atoms with Gasteiger partial charge in [-0.1, -0.05) is 24.4 Å². The predicted molar refractivity (Wildman–Crippen MR) is 78.2 cm³/mol. The van der Waals surface area contributed by atoms with Gasteiger partial charge in [-0.05, 0) is 25.7 Å². The van der Waals surface area contributed by atoms with Gasteiger partial charge in [-0.25, -0.2) is 4.98 Å². The number of benzene rings is 1. The fraction of sp³-hybridized carbons (Fsp3) is 0.286. The summed E-state index contributed by atoms with van der Waals surface area (Å²) < 4.78 is 0.611. The predicted octanol–water partition coefficient (Wildman–Crippen LogP) is 3.59. The van der Waals surface area contributed by atoms with Crippen molar-refractivity contribution in [1.82, 2.24) is 9.97 Å². The van der Waals surface area contributed by atoms with Crippen LogP contribution in [0.5, 0.6) is 0 Å². The molecular weight excluding hydrogens is 274 g/mol. The summed E-state index contributed by atoms with van der Waals surface area (Å²) in [6.45, 7) is 0. The number of rotatable bonds is 2. The van der Waals surface area contributed by atoms with Crippen molar-refractivity contribution in [2.24, 2.45) is 0 Å². The Hall–Kier alpha value is -2.08. The highest BCUT2D eigenvalue weighted by atomic mass is 32.1. The third-order valence-corrected chi connectivity index (χ3v) is 3.88. The maximum Gasteiger partial charge on any atom is 0.270 e. The largest absolute Gasteiger partial charge is 0.343 e. The number of aromatic amines is 1. The van der Waals surface area contributed by atoms with Gasteiger partial charge in [0.1, 0.15) is 10.5 Å². The summed E-state index contributed by atoms with van der Waals surface area (Å²) in [5.41, 5.74) is 3.00. The highest BCUT2D eigenvalue weighted by molar-refractivity contribution is 7.71. The van der Waals surface area contributed by atoms with E-state index >= 15 is 0 Å². The molecule has 1 aliphatic rings. The SMILES string of the molecule is O=[N+]([O-])c1cccc(-c2nc(=S)c3c([nH]2)CCCC3)c1. The smallest absolute Gasteiger partial charge is 0.270 e. The van der Waals surface area contributed by atoms with Crippen LogP contribution in [0, 0.1) is 14.8 Å². The van der Waals surface area contributed by atoms with Gasteiger partial charge in [0.2, 0.25) is 0 Å². The molecule has 2 aromatic rings. The van der Waals surface area contributed by atoms with Gasteiger partial charge in [0, 0.05) is 29.0 Å². The molecule has 3 rings (SSSR count). The van der Waals surface area contributed by atoms with Crippen molar-refractivity contribution in [3.8, 4) is 11.4 Å².